The highest BCUT2D eigenvalue weighted by molar-refractivity contribution is 5.92. The molecule has 0 saturated heterocycles. The van der Waals surface area contributed by atoms with Gasteiger partial charge in [-0.1, -0.05) is 18.2 Å². The van der Waals surface area contributed by atoms with Crippen LogP contribution in [0, 0.1) is 0 Å². The van der Waals surface area contributed by atoms with Crippen molar-refractivity contribution in [1.29, 1.82) is 0 Å². The summed E-state index contributed by atoms with van der Waals surface area (Å²) in [6.45, 7) is -0.165. The van der Waals surface area contributed by atoms with Gasteiger partial charge in [0, 0.05) is 13.2 Å². The lowest BCUT2D eigenvalue weighted by atomic mass is 10.1. The van der Waals surface area contributed by atoms with E-state index in [2.05, 4.69) is 4.98 Å². The van der Waals surface area contributed by atoms with Crippen LogP contribution in [0.25, 0.3) is 0 Å². The van der Waals surface area contributed by atoms with Crippen molar-refractivity contribution < 1.29 is 14.6 Å². The average Bonchev–Trinajstić information content (AvgIpc) is 2.56. The molecule has 0 aliphatic carbocycles. The number of aliphatic hydroxyl groups excluding tert-OH is 1. The maximum absolute atomic E-state index is 12.4. The van der Waals surface area contributed by atoms with Crippen molar-refractivity contribution in [3.63, 3.8) is 0 Å². The predicted molar refractivity (Wildman–Crippen MR) is 79.2 cm³/mol. The van der Waals surface area contributed by atoms with Crippen LogP contribution in [-0.4, -0.2) is 41.7 Å². The van der Waals surface area contributed by atoms with E-state index in [1.54, 1.807) is 50.7 Å². The van der Waals surface area contributed by atoms with Crippen LogP contribution in [0.1, 0.15) is 22.1 Å². The second kappa shape index (κ2) is 6.85. The van der Waals surface area contributed by atoms with Gasteiger partial charge in [0.15, 0.2) is 0 Å². The Morgan fingerprint density at radius 2 is 2.00 bits per heavy atom. The second-order valence-corrected chi connectivity index (χ2v) is 4.60. The average molecular weight is 286 g/mol. The Morgan fingerprint density at radius 1 is 1.29 bits per heavy atom. The van der Waals surface area contributed by atoms with Gasteiger partial charge in [-0.15, -0.1) is 0 Å². The summed E-state index contributed by atoms with van der Waals surface area (Å²) in [7, 11) is 3.25. The van der Waals surface area contributed by atoms with Gasteiger partial charge in [-0.3, -0.25) is 9.78 Å². The molecule has 0 aliphatic rings. The first-order valence-electron chi connectivity index (χ1n) is 6.60. The number of nitrogens with zero attached hydrogens (tertiary/aromatic N) is 2. The summed E-state index contributed by atoms with van der Waals surface area (Å²) in [5.41, 5.74) is 1.19. The molecule has 1 atom stereocenters. The quantitative estimate of drug-likeness (QED) is 0.912. The number of amides is 1. The monoisotopic (exact) mass is 286 g/mol. The Kier molecular flexibility index (Phi) is 4.90. The molecule has 5 heteroatoms. The number of rotatable bonds is 5. The zero-order valence-electron chi connectivity index (χ0n) is 12.1. The van der Waals surface area contributed by atoms with Crippen LogP contribution in [0.2, 0.25) is 0 Å². The SMILES string of the molecule is COc1ccc(C(CO)N(C)C(=O)c2ccccn2)cc1. The van der Waals surface area contributed by atoms with E-state index in [0.29, 0.717) is 5.69 Å². The number of carbonyl (C=O) groups excluding carboxylic acids is 1. The number of likely N-dealkylation sites (N-methyl/N-ethyl adjacent to an activating group) is 1. The molecular formula is C16H18N2O3. The van der Waals surface area contributed by atoms with Gasteiger partial charge in [-0.2, -0.15) is 0 Å². The number of hydrogen-bond donors (Lipinski definition) is 1. The molecule has 2 aromatic rings. The number of methoxy groups -OCH3 is 1. The summed E-state index contributed by atoms with van der Waals surface area (Å²) in [6, 6.07) is 12.0. The molecule has 2 rings (SSSR count). The zero-order chi connectivity index (χ0) is 15.2. The van der Waals surface area contributed by atoms with Crippen LogP contribution in [-0.2, 0) is 0 Å². The molecule has 0 radical (unpaired) electrons. The van der Waals surface area contributed by atoms with Crippen LogP contribution < -0.4 is 4.74 Å². The second-order valence-electron chi connectivity index (χ2n) is 4.60. The number of carbonyl (C=O) groups is 1. The molecule has 1 amide bonds. The molecule has 0 fully saturated rings. The van der Waals surface area contributed by atoms with Crippen molar-refractivity contribution in [2.45, 2.75) is 6.04 Å². The number of hydrogen-bond acceptors (Lipinski definition) is 4. The van der Waals surface area contributed by atoms with E-state index < -0.39 is 6.04 Å². The topological polar surface area (TPSA) is 62.7 Å². The normalized spacial score (nSPS) is 11.8. The molecule has 1 aromatic heterocycles. The van der Waals surface area contributed by atoms with Gasteiger partial charge in [0.25, 0.3) is 5.91 Å². The summed E-state index contributed by atoms with van der Waals surface area (Å²) >= 11 is 0. The van der Waals surface area contributed by atoms with E-state index in [9.17, 15) is 9.90 Å². The molecule has 0 saturated carbocycles. The van der Waals surface area contributed by atoms with Crippen molar-refractivity contribution in [3.8, 4) is 5.75 Å². The minimum Gasteiger partial charge on any atom is -0.497 e. The third-order valence-corrected chi connectivity index (χ3v) is 3.35. The molecule has 5 nitrogen and oxygen atoms in total. The van der Waals surface area contributed by atoms with Crippen LogP contribution in [0.3, 0.4) is 0 Å². The first-order chi connectivity index (χ1) is 10.2. The number of ether oxygens (including phenoxy) is 1. The fraction of sp³-hybridized carbons (Fsp3) is 0.250. The first kappa shape index (κ1) is 15.0. The van der Waals surface area contributed by atoms with E-state index in [4.69, 9.17) is 4.74 Å². The summed E-state index contributed by atoms with van der Waals surface area (Å²) in [5.74, 6) is 0.500. The maximum atomic E-state index is 12.4. The van der Waals surface area contributed by atoms with Gasteiger partial charge in [0.1, 0.15) is 11.4 Å². The van der Waals surface area contributed by atoms with E-state index >= 15 is 0 Å². The Labute approximate surface area is 123 Å². The largest absolute Gasteiger partial charge is 0.497 e. The molecule has 1 heterocycles. The minimum atomic E-state index is -0.426. The van der Waals surface area contributed by atoms with E-state index in [-0.39, 0.29) is 12.5 Å². The molecular weight excluding hydrogens is 268 g/mol. The summed E-state index contributed by atoms with van der Waals surface area (Å²) in [5, 5.41) is 9.63. The highest BCUT2D eigenvalue weighted by Crippen LogP contribution is 2.22. The van der Waals surface area contributed by atoms with E-state index in [1.807, 2.05) is 12.1 Å². The Bertz CT molecular complexity index is 584. The number of aromatic nitrogens is 1. The first-order valence-corrected chi connectivity index (χ1v) is 6.60. The van der Waals surface area contributed by atoms with Gasteiger partial charge in [0.2, 0.25) is 0 Å². The Morgan fingerprint density at radius 3 is 2.52 bits per heavy atom. The van der Waals surface area contributed by atoms with E-state index in [0.717, 1.165) is 11.3 Å². The maximum Gasteiger partial charge on any atom is 0.272 e. The number of pyridine rings is 1. The minimum absolute atomic E-state index is 0.165. The third-order valence-electron chi connectivity index (χ3n) is 3.35. The van der Waals surface area contributed by atoms with Gasteiger partial charge < -0.3 is 14.7 Å². The lowest BCUT2D eigenvalue weighted by Crippen LogP contribution is -2.33. The van der Waals surface area contributed by atoms with Crippen LogP contribution in [0.4, 0.5) is 0 Å². The highest BCUT2D eigenvalue weighted by Gasteiger charge is 2.22. The zero-order valence-corrected chi connectivity index (χ0v) is 12.1. The lowest BCUT2D eigenvalue weighted by molar-refractivity contribution is 0.0652. The van der Waals surface area contributed by atoms with Crippen LogP contribution >= 0.6 is 0 Å². The van der Waals surface area contributed by atoms with Crippen molar-refractivity contribution in [2.24, 2.45) is 0 Å². The number of aliphatic hydroxyl groups is 1. The van der Waals surface area contributed by atoms with Gasteiger partial charge in [-0.05, 0) is 29.8 Å². The smallest absolute Gasteiger partial charge is 0.272 e. The standard InChI is InChI=1S/C16H18N2O3/c1-18(16(20)14-5-3-4-10-17-14)15(11-19)12-6-8-13(21-2)9-7-12/h3-10,15,19H,11H2,1-2H3. The van der Waals surface area contributed by atoms with Crippen LogP contribution in [0.15, 0.2) is 48.7 Å². The molecule has 21 heavy (non-hydrogen) atoms. The molecule has 0 bridgehead atoms. The summed E-state index contributed by atoms with van der Waals surface area (Å²) < 4.78 is 5.11. The number of benzene rings is 1. The van der Waals surface area contributed by atoms with Crippen molar-refractivity contribution in [3.05, 3.63) is 59.9 Å². The molecule has 0 aliphatic heterocycles. The third kappa shape index (κ3) is 3.38. The summed E-state index contributed by atoms with van der Waals surface area (Å²) in [4.78, 5) is 17.9. The Balaban J connectivity index is 2.21. The van der Waals surface area contributed by atoms with E-state index in [1.165, 1.54) is 4.90 Å². The fourth-order valence-electron chi connectivity index (χ4n) is 2.09. The molecule has 1 aromatic carbocycles. The van der Waals surface area contributed by atoms with Crippen molar-refractivity contribution in [2.75, 3.05) is 20.8 Å². The predicted octanol–water partition coefficient (Wildman–Crippen LogP) is 1.90. The van der Waals surface area contributed by atoms with Crippen molar-refractivity contribution in [1.82, 2.24) is 9.88 Å². The molecule has 1 N–H and O–H groups in total. The molecule has 1 unspecified atom stereocenters. The molecule has 110 valence electrons. The lowest BCUT2D eigenvalue weighted by Gasteiger charge is -2.26. The van der Waals surface area contributed by atoms with Gasteiger partial charge >= 0.3 is 0 Å². The van der Waals surface area contributed by atoms with Crippen LogP contribution in [0.5, 0.6) is 5.75 Å². The van der Waals surface area contributed by atoms with Gasteiger partial charge in [-0.25, -0.2) is 0 Å². The fourth-order valence-corrected chi connectivity index (χ4v) is 2.09. The van der Waals surface area contributed by atoms with Gasteiger partial charge in [0.05, 0.1) is 19.8 Å². The summed E-state index contributed by atoms with van der Waals surface area (Å²) in [6.07, 6.45) is 1.57. The highest BCUT2D eigenvalue weighted by atomic mass is 16.5. The molecule has 0 spiro atoms. The van der Waals surface area contributed by atoms with Crippen molar-refractivity contribution >= 4 is 5.91 Å². The Hall–Kier alpha value is -2.40.